The van der Waals surface area contributed by atoms with Crippen LogP contribution in [-0.2, 0) is 10.2 Å². The first-order valence-corrected chi connectivity index (χ1v) is 6.93. The zero-order valence-corrected chi connectivity index (χ0v) is 12.6. The Kier molecular flexibility index (Phi) is 3.84. The average Bonchev–Trinajstić information content (AvgIpc) is 2.67. The van der Waals surface area contributed by atoms with Gasteiger partial charge in [-0.1, -0.05) is 32.9 Å². The van der Waals surface area contributed by atoms with E-state index in [1.807, 2.05) is 24.3 Å². The van der Waals surface area contributed by atoms with E-state index in [1.54, 1.807) is 11.9 Å². The Morgan fingerprint density at radius 2 is 1.85 bits per heavy atom. The summed E-state index contributed by atoms with van der Waals surface area (Å²) in [6.45, 7) is 7.01. The summed E-state index contributed by atoms with van der Waals surface area (Å²) in [7, 11) is 1.76. The van der Waals surface area contributed by atoms with Gasteiger partial charge in [0.15, 0.2) is 0 Å². The molecule has 0 aromatic heterocycles. The van der Waals surface area contributed by atoms with Crippen LogP contribution in [0.1, 0.15) is 43.1 Å². The molecule has 0 saturated carbocycles. The van der Waals surface area contributed by atoms with Crippen molar-refractivity contribution in [1.82, 2.24) is 10.2 Å². The monoisotopic (exact) mass is 274 g/mol. The van der Waals surface area contributed by atoms with Gasteiger partial charge in [0.25, 0.3) is 5.91 Å². The summed E-state index contributed by atoms with van der Waals surface area (Å²) in [5.74, 6) is -0.0306. The van der Waals surface area contributed by atoms with Crippen molar-refractivity contribution in [3.05, 3.63) is 35.4 Å². The molecule has 0 radical (unpaired) electrons. The van der Waals surface area contributed by atoms with Gasteiger partial charge in [-0.3, -0.25) is 9.59 Å². The third kappa shape index (κ3) is 3.18. The molecule has 0 bridgehead atoms. The van der Waals surface area contributed by atoms with Crippen LogP contribution in [0.5, 0.6) is 0 Å². The highest BCUT2D eigenvalue weighted by atomic mass is 16.2. The van der Waals surface area contributed by atoms with Gasteiger partial charge < -0.3 is 10.2 Å². The smallest absolute Gasteiger partial charge is 0.251 e. The van der Waals surface area contributed by atoms with Crippen LogP contribution in [0.15, 0.2) is 24.3 Å². The molecule has 2 amide bonds. The van der Waals surface area contributed by atoms with Crippen molar-refractivity contribution >= 4 is 11.8 Å². The lowest BCUT2D eigenvalue weighted by molar-refractivity contribution is -0.126. The van der Waals surface area contributed by atoms with Gasteiger partial charge >= 0.3 is 0 Å². The number of benzene rings is 1. The van der Waals surface area contributed by atoms with E-state index in [-0.39, 0.29) is 23.3 Å². The normalized spacial score (nSPS) is 19.3. The highest BCUT2D eigenvalue weighted by molar-refractivity contribution is 5.95. The second kappa shape index (κ2) is 5.27. The van der Waals surface area contributed by atoms with Crippen LogP contribution in [0.25, 0.3) is 0 Å². The van der Waals surface area contributed by atoms with Crippen LogP contribution < -0.4 is 5.32 Å². The van der Waals surface area contributed by atoms with Gasteiger partial charge in [0.1, 0.15) is 0 Å². The quantitative estimate of drug-likeness (QED) is 0.896. The Morgan fingerprint density at radius 1 is 1.25 bits per heavy atom. The van der Waals surface area contributed by atoms with E-state index in [1.165, 1.54) is 5.56 Å². The molecule has 1 aromatic rings. The van der Waals surface area contributed by atoms with Crippen LogP contribution in [0.4, 0.5) is 0 Å². The lowest BCUT2D eigenvalue weighted by atomic mass is 9.86. The highest BCUT2D eigenvalue weighted by Crippen LogP contribution is 2.22. The molecule has 1 unspecified atom stereocenters. The topological polar surface area (TPSA) is 49.4 Å². The van der Waals surface area contributed by atoms with E-state index in [9.17, 15) is 9.59 Å². The van der Waals surface area contributed by atoms with E-state index < -0.39 is 0 Å². The second-order valence-electron chi connectivity index (χ2n) is 6.48. The van der Waals surface area contributed by atoms with Crippen molar-refractivity contribution in [3.63, 3.8) is 0 Å². The third-order valence-electron chi connectivity index (χ3n) is 3.69. The molecule has 1 atom stereocenters. The first kappa shape index (κ1) is 14.6. The summed E-state index contributed by atoms with van der Waals surface area (Å²) in [6, 6.07) is 7.58. The number of nitrogens with one attached hydrogen (secondary N) is 1. The summed E-state index contributed by atoms with van der Waals surface area (Å²) in [6.07, 6.45) is 0.391. The van der Waals surface area contributed by atoms with E-state index in [4.69, 9.17) is 0 Å². The Bertz CT molecular complexity index is 514. The number of carbonyl (C=O) groups is 2. The third-order valence-corrected chi connectivity index (χ3v) is 3.69. The minimum atomic E-state index is -0.112. The fourth-order valence-electron chi connectivity index (χ4n) is 2.35. The zero-order chi connectivity index (χ0) is 14.9. The molecule has 1 saturated heterocycles. The summed E-state index contributed by atoms with van der Waals surface area (Å²) < 4.78 is 0. The maximum absolute atomic E-state index is 12.1. The summed E-state index contributed by atoms with van der Waals surface area (Å²) in [5.41, 5.74) is 1.92. The number of rotatable bonds is 2. The van der Waals surface area contributed by atoms with Crippen molar-refractivity contribution in [2.45, 2.75) is 38.6 Å². The van der Waals surface area contributed by atoms with E-state index in [0.717, 1.165) is 0 Å². The first-order chi connectivity index (χ1) is 9.27. The Hall–Kier alpha value is -1.84. The fraction of sp³-hybridized carbons (Fsp3) is 0.500. The largest absolute Gasteiger partial charge is 0.347 e. The lowest BCUT2D eigenvalue weighted by Crippen LogP contribution is -2.36. The fourth-order valence-corrected chi connectivity index (χ4v) is 2.35. The molecule has 2 rings (SSSR count). The molecule has 1 N–H and O–H groups in total. The van der Waals surface area contributed by atoms with Gasteiger partial charge in [-0.2, -0.15) is 0 Å². The van der Waals surface area contributed by atoms with Crippen molar-refractivity contribution in [2.75, 3.05) is 13.6 Å². The average molecular weight is 274 g/mol. The van der Waals surface area contributed by atoms with Gasteiger partial charge in [-0.15, -0.1) is 0 Å². The Balaban J connectivity index is 2.01. The number of amides is 2. The number of carbonyl (C=O) groups excluding carboxylic acids is 2. The minimum absolute atomic E-state index is 0.0790. The molecule has 1 aliphatic rings. The summed E-state index contributed by atoms with van der Waals surface area (Å²) >= 11 is 0. The molecule has 20 heavy (non-hydrogen) atoms. The molecular formula is C16H22N2O2. The molecule has 1 fully saturated rings. The molecule has 0 aliphatic carbocycles. The maximum atomic E-state index is 12.1. The van der Waals surface area contributed by atoms with E-state index in [0.29, 0.717) is 18.5 Å². The maximum Gasteiger partial charge on any atom is 0.251 e. The highest BCUT2D eigenvalue weighted by Gasteiger charge is 2.28. The molecule has 0 spiro atoms. The number of likely N-dealkylation sites (N-methyl/N-ethyl adjacent to an activating group) is 1. The number of hydrogen-bond acceptors (Lipinski definition) is 2. The Labute approximate surface area is 120 Å². The van der Waals surface area contributed by atoms with Crippen LogP contribution in [0.2, 0.25) is 0 Å². The standard InChI is InChI=1S/C16H22N2O2/c1-16(2,3)12-7-5-11(6-8-12)15(20)17-13-9-14(19)18(4)10-13/h5-8,13H,9-10H2,1-4H3,(H,17,20). The van der Waals surface area contributed by atoms with Crippen LogP contribution in [0, 0.1) is 0 Å². The first-order valence-electron chi connectivity index (χ1n) is 6.93. The van der Waals surface area contributed by atoms with E-state index in [2.05, 4.69) is 26.1 Å². The molecule has 108 valence electrons. The predicted molar refractivity (Wildman–Crippen MR) is 78.7 cm³/mol. The molecular weight excluding hydrogens is 252 g/mol. The summed E-state index contributed by atoms with van der Waals surface area (Å²) in [4.78, 5) is 25.2. The van der Waals surface area contributed by atoms with E-state index >= 15 is 0 Å². The zero-order valence-electron chi connectivity index (χ0n) is 12.6. The minimum Gasteiger partial charge on any atom is -0.347 e. The van der Waals surface area contributed by atoms with Gasteiger partial charge in [-0.25, -0.2) is 0 Å². The molecule has 1 aliphatic heterocycles. The molecule has 4 heteroatoms. The van der Waals surface area contributed by atoms with Crippen molar-refractivity contribution in [1.29, 1.82) is 0 Å². The van der Waals surface area contributed by atoms with Crippen molar-refractivity contribution in [3.8, 4) is 0 Å². The molecule has 1 heterocycles. The number of likely N-dealkylation sites (tertiary alicyclic amines) is 1. The molecule has 1 aromatic carbocycles. The van der Waals surface area contributed by atoms with Crippen molar-refractivity contribution < 1.29 is 9.59 Å². The van der Waals surface area contributed by atoms with Crippen LogP contribution >= 0.6 is 0 Å². The number of nitrogens with zero attached hydrogens (tertiary/aromatic N) is 1. The summed E-state index contributed by atoms with van der Waals surface area (Å²) in [5, 5.41) is 2.91. The van der Waals surface area contributed by atoms with Crippen LogP contribution in [0.3, 0.4) is 0 Å². The van der Waals surface area contributed by atoms with Crippen LogP contribution in [-0.4, -0.2) is 36.3 Å². The van der Waals surface area contributed by atoms with Gasteiger partial charge in [0.05, 0.1) is 6.04 Å². The predicted octanol–water partition coefficient (Wildman–Crippen LogP) is 1.94. The SMILES string of the molecule is CN1CC(NC(=O)c2ccc(C(C)(C)C)cc2)CC1=O. The second-order valence-corrected chi connectivity index (χ2v) is 6.48. The molecule has 4 nitrogen and oxygen atoms in total. The van der Waals surface area contributed by atoms with Gasteiger partial charge in [0, 0.05) is 25.6 Å². The van der Waals surface area contributed by atoms with Gasteiger partial charge in [-0.05, 0) is 23.1 Å². The Morgan fingerprint density at radius 3 is 2.30 bits per heavy atom. The van der Waals surface area contributed by atoms with Crippen molar-refractivity contribution in [2.24, 2.45) is 0 Å². The van der Waals surface area contributed by atoms with Gasteiger partial charge in [0.2, 0.25) is 5.91 Å². The number of hydrogen-bond donors (Lipinski definition) is 1. The lowest BCUT2D eigenvalue weighted by Gasteiger charge is -2.19.